The first-order valence-corrected chi connectivity index (χ1v) is 7.65. The highest BCUT2D eigenvalue weighted by Crippen LogP contribution is 2.31. The first kappa shape index (κ1) is 12.8. The van der Waals surface area contributed by atoms with Crippen LogP contribution in [-0.2, 0) is 6.42 Å². The van der Waals surface area contributed by atoms with Crippen LogP contribution in [0.1, 0.15) is 35.8 Å². The smallest absolute Gasteiger partial charge is 0.274 e. The number of piperidine rings is 1. The lowest BCUT2D eigenvalue weighted by atomic mass is 10.0. The van der Waals surface area contributed by atoms with Crippen molar-refractivity contribution in [3.63, 3.8) is 0 Å². The van der Waals surface area contributed by atoms with Gasteiger partial charge in [0.1, 0.15) is 0 Å². The van der Waals surface area contributed by atoms with Crippen molar-refractivity contribution >= 4 is 16.9 Å². The Hall–Kier alpha value is -1.88. The van der Waals surface area contributed by atoms with Gasteiger partial charge >= 0.3 is 0 Å². The molecule has 2 aliphatic rings. The SMILES string of the molecule is CCc1coc2c(C(=O)NC3CC4CC3CN4)nccc12. The summed E-state index contributed by atoms with van der Waals surface area (Å²) in [5, 5.41) is 7.59. The highest BCUT2D eigenvalue weighted by atomic mass is 16.3. The molecule has 4 rings (SSSR count). The number of carbonyl (C=O) groups is 1. The van der Waals surface area contributed by atoms with Crippen molar-refractivity contribution in [2.24, 2.45) is 5.92 Å². The largest absolute Gasteiger partial charge is 0.462 e. The van der Waals surface area contributed by atoms with Crippen LogP contribution in [0.15, 0.2) is 22.9 Å². The van der Waals surface area contributed by atoms with Crippen LogP contribution >= 0.6 is 0 Å². The molecule has 1 aliphatic carbocycles. The van der Waals surface area contributed by atoms with E-state index >= 15 is 0 Å². The summed E-state index contributed by atoms with van der Waals surface area (Å²) < 4.78 is 5.58. The van der Waals surface area contributed by atoms with Crippen molar-refractivity contribution in [1.29, 1.82) is 0 Å². The van der Waals surface area contributed by atoms with Crippen LogP contribution in [0, 0.1) is 5.92 Å². The predicted molar refractivity (Wildman–Crippen MR) is 79.2 cm³/mol. The molecule has 2 aromatic rings. The third kappa shape index (κ3) is 2.03. The van der Waals surface area contributed by atoms with Crippen molar-refractivity contribution in [3.8, 4) is 0 Å². The van der Waals surface area contributed by atoms with Gasteiger partial charge in [0.25, 0.3) is 5.91 Å². The molecule has 21 heavy (non-hydrogen) atoms. The molecule has 1 saturated carbocycles. The fourth-order valence-corrected chi connectivity index (χ4v) is 3.70. The highest BCUT2D eigenvalue weighted by molar-refractivity contribution is 6.03. The number of fused-ring (bicyclic) bond motifs is 3. The van der Waals surface area contributed by atoms with E-state index in [1.165, 1.54) is 6.42 Å². The number of carbonyl (C=O) groups excluding carboxylic acids is 1. The van der Waals surface area contributed by atoms with Gasteiger partial charge < -0.3 is 15.1 Å². The van der Waals surface area contributed by atoms with Gasteiger partial charge in [-0.05, 0) is 36.8 Å². The van der Waals surface area contributed by atoms with Gasteiger partial charge in [0.2, 0.25) is 0 Å². The summed E-state index contributed by atoms with van der Waals surface area (Å²) in [6.07, 6.45) is 6.49. The lowest BCUT2D eigenvalue weighted by Gasteiger charge is -2.23. The molecule has 3 heterocycles. The fourth-order valence-electron chi connectivity index (χ4n) is 3.70. The molecular weight excluding hydrogens is 266 g/mol. The summed E-state index contributed by atoms with van der Waals surface area (Å²) in [6, 6.07) is 2.75. The second-order valence-electron chi connectivity index (χ2n) is 6.07. The Kier molecular flexibility index (Phi) is 2.96. The molecule has 1 amide bonds. The first-order valence-electron chi connectivity index (χ1n) is 7.65. The van der Waals surface area contributed by atoms with Crippen LogP contribution in [0.25, 0.3) is 11.0 Å². The third-order valence-electron chi connectivity index (χ3n) is 4.85. The topological polar surface area (TPSA) is 67.2 Å². The Bertz CT molecular complexity index is 694. The average molecular weight is 285 g/mol. The van der Waals surface area contributed by atoms with Gasteiger partial charge in [-0.15, -0.1) is 0 Å². The maximum Gasteiger partial charge on any atom is 0.274 e. The Balaban J connectivity index is 1.61. The van der Waals surface area contributed by atoms with Gasteiger partial charge in [-0.25, -0.2) is 4.98 Å². The zero-order valence-electron chi connectivity index (χ0n) is 12.1. The number of aryl methyl sites for hydroxylation is 1. The molecule has 2 fully saturated rings. The van der Waals surface area contributed by atoms with E-state index in [-0.39, 0.29) is 11.9 Å². The van der Waals surface area contributed by atoms with Crippen molar-refractivity contribution in [2.75, 3.05) is 6.54 Å². The maximum atomic E-state index is 12.5. The van der Waals surface area contributed by atoms with E-state index in [1.54, 1.807) is 12.5 Å². The quantitative estimate of drug-likeness (QED) is 0.903. The van der Waals surface area contributed by atoms with E-state index in [0.717, 1.165) is 30.3 Å². The molecule has 5 heteroatoms. The Morgan fingerprint density at radius 3 is 3.14 bits per heavy atom. The van der Waals surface area contributed by atoms with Crippen LogP contribution in [-0.4, -0.2) is 29.5 Å². The number of nitrogens with zero attached hydrogens (tertiary/aromatic N) is 1. The molecule has 0 aromatic carbocycles. The minimum Gasteiger partial charge on any atom is -0.462 e. The summed E-state index contributed by atoms with van der Waals surface area (Å²) >= 11 is 0. The molecule has 2 N–H and O–H groups in total. The standard InChI is InChI=1S/C16H19N3O2/c1-2-9-8-21-15-12(9)3-4-17-14(15)16(20)19-13-6-11-5-10(13)7-18-11/h3-4,8,10-11,13,18H,2,5-7H2,1H3,(H,19,20). The molecule has 5 nitrogen and oxygen atoms in total. The summed E-state index contributed by atoms with van der Waals surface area (Å²) in [4.78, 5) is 16.8. The molecule has 0 radical (unpaired) electrons. The van der Waals surface area contributed by atoms with Crippen molar-refractivity contribution in [2.45, 2.75) is 38.3 Å². The summed E-state index contributed by atoms with van der Waals surface area (Å²) in [6.45, 7) is 3.08. The van der Waals surface area contributed by atoms with Gasteiger partial charge in [0.05, 0.1) is 6.26 Å². The number of hydrogen-bond donors (Lipinski definition) is 2. The molecule has 2 bridgehead atoms. The molecule has 3 atom stereocenters. The molecule has 110 valence electrons. The zero-order valence-corrected chi connectivity index (χ0v) is 12.1. The Morgan fingerprint density at radius 2 is 2.43 bits per heavy atom. The van der Waals surface area contributed by atoms with Crippen molar-refractivity contribution < 1.29 is 9.21 Å². The van der Waals surface area contributed by atoms with Crippen LogP contribution < -0.4 is 10.6 Å². The molecule has 0 spiro atoms. The molecule has 3 unspecified atom stereocenters. The average Bonchev–Trinajstić information content (AvgIpc) is 3.21. The second kappa shape index (κ2) is 4.84. The molecule has 2 aromatic heterocycles. The summed E-state index contributed by atoms with van der Waals surface area (Å²) in [7, 11) is 0. The lowest BCUT2D eigenvalue weighted by Crippen LogP contribution is -2.44. The minimum atomic E-state index is -0.116. The molecular formula is C16H19N3O2. The zero-order chi connectivity index (χ0) is 14.4. The van der Waals surface area contributed by atoms with Gasteiger partial charge in [-0.1, -0.05) is 6.92 Å². The second-order valence-corrected chi connectivity index (χ2v) is 6.07. The first-order chi connectivity index (χ1) is 10.3. The van der Waals surface area contributed by atoms with E-state index in [1.807, 2.05) is 6.07 Å². The number of nitrogens with one attached hydrogen (secondary N) is 2. The van der Waals surface area contributed by atoms with Gasteiger partial charge in [0.15, 0.2) is 11.3 Å². The van der Waals surface area contributed by atoms with E-state index in [0.29, 0.717) is 23.2 Å². The molecule has 1 aliphatic heterocycles. The normalized spacial score (nSPS) is 27.4. The minimum absolute atomic E-state index is 0.116. The Morgan fingerprint density at radius 1 is 1.52 bits per heavy atom. The highest BCUT2D eigenvalue weighted by Gasteiger charge is 2.40. The van der Waals surface area contributed by atoms with Crippen LogP contribution in [0.4, 0.5) is 0 Å². The monoisotopic (exact) mass is 285 g/mol. The van der Waals surface area contributed by atoms with E-state index < -0.39 is 0 Å². The molecule has 1 saturated heterocycles. The summed E-state index contributed by atoms with van der Waals surface area (Å²) in [5.41, 5.74) is 2.13. The van der Waals surface area contributed by atoms with Gasteiger partial charge in [-0.3, -0.25) is 4.79 Å². The predicted octanol–water partition coefficient (Wildman–Crippen LogP) is 1.87. The number of amides is 1. The van der Waals surface area contributed by atoms with Crippen molar-refractivity contribution in [1.82, 2.24) is 15.6 Å². The lowest BCUT2D eigenvalue weighted by molar-refractivity contribution is 0.0921. The van der Waals surface area contributed by atoms with E-state index in [9.17, 15) is 4.79 Å². The number of rotatable bonds is 3. The van der Waals surface area contributed by atoms with Crippen molar-refractivity contribution in [3.05, 3.63) is 29.8 Å². The number of hydrogen-bond acceptors (Lipinski definition) is 4. The Labute approximate surface area is 123 Å². The van der Waals surface area contributed by atoms with Gasteiger partial charge in [0, 0.05) is 30.2 Å². The maximum absolute atomic E-state index is 12.5. The number of furan rings is 1. The van der Waals surface area contributed by atoms with Crippen LogP contribution in [0.3, 0.4) is 0 Å². The number of pyridine rings is 1. The van der Waals surface area contributed by atoms with E-state index in [2.05, 4.69) is 22.5 Å². The van der Waals surface area contributed by atoms with Crippen LogP contribution in [0.5, 0.6) is 0 Å². The number of aromatic nitrogens is 1. The van der Waals surface area contributed by atoms with Crippen LogP contribution in [0.2, 0.25) is 0 Å². The fraction of sp³-hybridized carbons (Fsp3) is 0.500. The third-order valence-corrected chi connectivity index (χ3v) is 4.85. The van der Waals surface area contributed by atoms with Gasteiger partial charge in [-0.2, -0.15) is 0 Å². The van der Waals surface area contributed by atoms with E-state index in [4.69, 9.17) is 4.42 Å². The summed E-state index contributed by atoms with van der Waals surface area (Å²) in [5.74, 6) is 0.441.